The minimum atomic E-state index is -3.49. The van der Waals surface area contributed by atoms with E-state index in [1.165, 1.54) is 13.1 Å². The van der Waals surface area contributed by atoms with Crippen molar-refractivity contribution in [2.24, 2.45) is 0 Å². The van der Waals surface area contributed by atoms with Gasteiger partial charge in [0.15, 0.2) is 0 Å². The van der Waals surface area contributed by atoms with Gasteiger partial charge in [0.2, 0.25) is 10.0 Å². The summed E-state index contributed by atoms with van der Waals surface area (Å²) in [5.74, 6) is 0. The second-order valence-electron chi connectivity index (χ2n) is 4.54. The number of anilines is 2. The van der Waals surface area contributed by atoms with E-state index in [2.05, 4.69) is 14.9 Å². The normalized spacial score (nSPS) is 11.8. The highest BCUT2D eigenvalue weighted by Crippen LogP contribution is 2.22. The van der Waals surface area contributed by atoms with Crippen LogP contribution in [-0.2, 0) is 10.0 Å². The van der Waals surface area contributed by atoms with Gasteiger partial charge in [-0.2, -0.15) is 0 Å². The molecule has 0 heterocycles. The monoisotopic (exact) mass is 286 g/mol. The number of nitrogens with one attached hydrogen (secondary N) is 2. The SMILES string of the molecule is CNS(=O)(=O)c1ccc(NCCCN(C)C)cc1N. The Hall–Kier alpha value is -1.31. The Balaban J connectivity index is 2.67. The highest BCUT2D eigenvalue weighted by Gasteiger charge is 2.14. The van der Waals surface area contributed by atoms with Crippen LogP contribution in [-0.4, -0.2) is 47.6 Å². The topological polar surface area (TPSA) is 87.5 Å². The van der Waals surface area contributed by atoms with Crippen molar-refractivity contribution < 1.29 is 8.42 Å². The zero-order chi connectivity index (χ0) is 14.5. The van der Waals surface area contributed by atoms with Crippen molar-refractivity contribution >= 4 is 21.4 Å². The molecule has 0 unspecified atom stereocenters. The molecule has 0 aromatic heterocycles. The lowest BCUT2D eigenvalue weighted by Crippen LogP contribution is -2.20. The van der Waals surface area contributed by atoms with Crippen molar-refractivity contribution in [3.8, 4) is 0 Å². The van der Waals surface area contributed by atoms with E-state index in [-0.39, 0.29) is 10.6 Å². The zero-order valence-corrected chi connectivity index (χ0v) is 12.4. The number of rotatable bonds is 7. The predicted octanol–water partition coefficient (Wildman–Crippen LogP) is 0.541. The van der Waals surface area contributed by atoms with Gasteiger partial charge < -0.3 is 16.0 Å². The van der Waals surface area contributed by atoms with E-state index in [0.29, 0.717) is 0 Å². The van der Waals surface area contributed by atoms with Crippen LogP contribution in [0.2, 0.25) is 0 Å². The number of hydrogen-bond acceptors (Lipinski definition) is 5. The van der Waals surface area contributed by atoms with E-state index in [9.17, 15) is 8.42 Å². The lowest BCUT2D eigenvalue weighted by Gasteiger charge is -2.12. The van der Waals surface area contributed by atoms with Gasteiger partial charge in [-0.15, -0.1) is 0 Å². The molecule has 1 rings (SSSR count). The van der Waals surface area contributed by atoms with Crippen molar-refractivity contribution in [2.45, 2.75) is 11.3 Å². The number of hydrogen-bond donors (Lipinski definition) is 3. The second-order valence-corrected chi connectivity index (χ2v) is 6.40. The lowest BCUT2D eigenvalue weighted by atomic mass is 10.2. The molecule has 6 nitrogen and oxygen atoms in total. The van der Waals surface area contributed by atoms with Crippen LogP contribution in [0.3, 0.4) is 0 Å². The van der Waals surface area contributed by atoms with Crippen LogP contribution < -0.4 is 15.8 Å². The van der Waals surface area contributed by atoms with Gasteiger partial charge in [0.1, 0.15) is 4.90 Å². The number of sulfonamides is 1. The van der Waals surface area contributed by atoms with Gasteiger partial charge in [0.05, 0.1) is 5.69 Å². The molecule has 19 heavy (non-hydrogen) atoms. The molecule has 0 amide bonds. The summed E-state index contributed by atoms with van der Waals surface area (Å²) in [6.07, 6.45) is 1.00. The third kappa shape index (κ3) is 4.70. The highest BCUT2D eigenvalue weighted by molar-refractivity contribution is 7.89. The fourth-order valence-corrected chi connectivity index (χ4v) is 2.48. The number of nitrogens with zero attached hydrogens (tertiary/aromatic N) is 1. The molecule has 0 radical (unpaired) electrons. The van der Waals surface area contributed by atoms with Gasteiger partial charge in [0, 0.05) is 12.2 Å². The maximum Gasteiger partial charge on any atom is 0.242 e. The van der Waals surface area contributed by atoms with E-state index < -0.39 is 10.0 Å². The molecule has 4 N–H and O–H groups in total. The van der Waals surface area contributed by atoms with Crippen LogP contribution in [0.1, 0.15) is 6.42 Å². The number of nitrogen functional groups attached to an aromatic ring is 1. The first-order valence-corrected chi connectivity index (χ1v) is 7.57. The summed E-state index contributed by atoms with van der Waals surface area (Å²) in [6, 6.07) is 4.87. The number of benzene rings is 1. The first kappa shape index (κ1) is 15.7. The minimum Gasteiger partial charge on any atom is -0.398 e. The summed E-state index contributed by atoms with van der Waals surface area (Å²) in [6.45, 7) is 1.81. The third-order valence-corrected chi connectivity index (χ3v) is 4.17. The molecule has 0 bridgehead atoms. The van der Waals surface area contributed by atoms with Gasteiger partial charge >= 0.3 is 0 Å². The van der Waals surface area contributed by atoms with Crippen LogP contribution in [0.25, 0.3) is 0 Å². The summed E-state index contributed by atoms with van der Waals surface area (Å²) < 4.78 is 25.6. The molecule has 0 saturated carbocycles. The summed E-state index contributed by atoms with van der Waals surface area (Å²) in [4.78, 5) is 2.22. The molecular formula is C12H22N4O2S. The molecular weight excluding hydrogens is 264 g/mol. The first-order chi connectivity index (χ1) is 8.86. The molecule has 0 saturated heterocycles. The van der Waals surface area contributed by atoms with Gasteiger partial charge in [-0.1, -0.05) is 0 Å². The van der Waals surface area contributed by atoms with Crippen molar-refractivity contribution in [2.75, 3.05) is 45.3 Å². The first-order valence-electron chi connectivity index (χ1n) is 6.08. The average Bonchev–Trinajstić information content (AvgIpc) is 2.34. The molecule has 0 atom stereocenters. The van der Waals surface area contributed by atoms with Gasteiger partial charge in [0.25, 0.3) is 0 Å². The molecule has 0 aliphatic rings. The van der Waals surface area contributed by atoms with Crippen molar-refractivity contribution in [3.05, 3.63) is 18.2 Å². The Kier molecular flexibility index (Phi) is 5.59. The molecule has 0 spiro atoms. The number of nitrogens with two attached hydrogens (primary N) is 1. The quantitative estimate of drug-likeness (QED) is 0.503. The zero-order valence-electron chi connectivity index (χ0n) is 11.6. The highest BCUT2D eigenvalue weighted by atomic mass is 32.2. The third-order valence-electron chi connectivity index (χ3n) is 2.68. The van der Waals surface area contributed by atoms with Crippen LogP contribution in [0, 0.1) is 0 Å². The summed E-state index contributed by atoms with van der Waals surface area (Å²) in [5.41, 5.74) is 6.84. The Bertz CT molecular complexity index is 514. The fraction of sp³-hybridized carbons (Fsp3) is 0.500. The van der Waals surface area contributed by atoms with Gasteiger partial charge in [-0.25, -0.2) is 13.1 Å². The van der Waals surface area contributed by atoms with Crippen molar-refractivity contribution in [3.63, 3.8) is 0 Å². The molecule has 108 valence electrons. The van der Waals surface area contributed by atoms with Gasteiger partial charge in [-0.3, -0.25) is 0 Å². The summed E-state index contributed by atoms with van der Waals surface area (Å²) >= 11 is 0. The lowest BCUT2D eigenvalue weighted by molar-refractivity contribution is 0.405. The van der Waals surface area contributed by atoms with E-state index >= 15 is 0 Å². The molecule has 1 aromatic rings. The van der Waals surface area contributed by atoms with Crippen molar-refractivity contribution in [1.82, 2.24) is 9.62 Å². The Morgan fingerprint density at radius 2 is 2.00 bits per heavy atom. The van der Waals surface area contributed by atoms with Crippen molar-refractivity contribution in [1.29, 1.82) is 0 Å². The Morgan fingerprint density at radius 1 is 1.32 bits per heavy atom. The molecule has 1 aromatic carbocycles. The predicted molar refractivity (Wildman–Crippen MR) is 78.8 cm³/mol. The van der Waals surface area contributed by atoms with E-state index in [0.717, 1.165) is 25.2 Å². The average molecular weight is 286 g/mol. The minimum absolute atomic E-state index is 0.105. The molecule has 0 aliphatic carbocycles. The maximum absolute atomic E-state index is 11.7. The van der Waals surface area contributed by atoms with E-state index in [4.69, 9.17) is 5.73 Å². The molecule has 0 aliphatic heterocycles. The van der Waals surface area contributed by atoms with E-state index in [1.54, 1.807) is 12.1 Å². The standard InChI is InChI=1S/C12H22N4O2S/c1-14-19(17,18)12-6-5-10(9-11(12)13)15-7-4-8-16(2)3/h5-6,9,14-15H,4,7-8,13H2,1-3H3. The molecule has 7 heteroatoms. The largest absolute Gasteiger partial charge is 0.398 e. The fourth-order valence-electron chi connectivity index (χ4n) is 1.64. The van der Waals surface area contributed by atoms with Crippen LogP contribution in [0.5, 0.6) is 0 Å². The smallest absolute Gasteiger partial charge is 0.242 e. The Morgan fingerprint density at radius 3 is 2.53 bits per heavy atom. The summed E-state index contributed by atoms with van der Waals surface area (Å²) in [7, 11) is 1.92. The second kappa shape index (κ2) is 6.74. The van der Waals surface area contributed by atoms with Crippen LogP contribution >= 0.6 is 0 Å². The molecule has 0 fully saturated rings. The van der Waals surface area contributed by atoms with Gasteiger partial charge in [-0.05, 0) is 52.3 Å². The van der Waals surface area contributed by atoms with Crippen LogP contribution in [0.4, 0.5) is 11.4 Å². The summed E-state index contributed by atoms with van der Waals surface area (Å²) in [5, 5.41) is 3.22. The van der Waals surface area contributed by atoms with E-state index in [1.807, 2.05) is 14.1 Å². The van der Waals surface area contributed by atoms with Crippen LogP contribution in [0.15, 0.2) is 23.1 Å². The maximum atomic E-state index is 11.7. The Labute approximate surface area is 115 Å².